The highest BCUT2D eigenvalue weighted by atomic mass is 16.5. The molecule has 1 fully saturated rings. The first-order valence-corrected chi connectivity index (χ1v) is 6.01. The molecule has 0 aliphatic carbocycles. The molecular weight excluding hydrogens is 216 g/mol. The fourth-order valence-electron chi connectivity index (χ4n) is 1.85. The first-order valence-electron chi connectivity index (χ1n) is 6.01. The Balaban J connectivity index is 2.15. The molecule has 0 bridgehead atoms. The van der Waals surface area contributed by atoms with Gasteiger partial charge in [0.1, 0.15) is 5.69 Å². The van der Waals surface area contributed by atoms with Gasteiger partial charge in [0.2, 0.25) is 0 Å². The Kier molecular flexibility index (Phi) is 3.74. The van der Waals surface area contributed by atoms with Crippen LogP contribution in [0, 0.1) is 0 Å². The van der Waals surface area contributed by atoms with E-state index in [9.17, 15) is 4.79 Å². The summed E-state index contributed by atoms with van der Waals surface area (Å²) in [4.78, 5) is 18.1. The largest absolute Gasteiger partial charge is 0.378 e. The van der Waals surface area contributed by atoms with Crippen molar-refractivity contribution in [3.8, 4) is 0 Å². The first kappa shape index (κ1) is 12.0. The van der Waals surface area contributed by atoms with E-state index in [2.05, 4.69) is 18.8 Å². The SMILES string of the molecule is CC(C)c1ccnc(C(=O)N2CCOCC2)c1. The number of aromatic nitrogens is 1. The van der Waals surface area contributed by atoms with Crippen molar-refractivity contribution in [3.63, 3.8) is 0 Å². The highest BCUT2D eigenvalue weighted by Gasteiger charge is 2.19. The third kappa shape index (κ3) is 2.82. The number of hydrogen-bond donors (Lipinski definition) is 0. The van der Waals surface area contributed by atoms with E-state index in [4.69, 9.17) is 4.74 Å². The van der Waals surface area contributed by atoms with Crippen molar-refractivity contribution in [2.75, 3.05) is 26.3 Å². The second kappa shape index (κ2) is 5.27. The molecule has 2 heterocycles. The van der Waals surface area contributed by atoms with Gasteiger partial charge in [-0.1, -0.05) is 13.8 Å². The summed E-state index contributed by atoms with van der Waals surface area (Å²) in [6.07, 6.45) is 1.71. The van der Waals surface area contributed by atoms with E-state index >= 15 is 0 Å². The van der Waals surface area contributed by atoms with Gasteiger partial charge in [0, 0.05) is 19.3 Å². The van der Waals surface area contributed by atoms with Crippen LogP contribution < -0.4 is 0 Å². The van der Waals surface area contributed by atoms with Crippen molar-refractivity contribution in [3.05, 3.63) is 29.6 Å². The van der Waals surface area contributed by atoms with Gasteiger partial charge < -0.3 is 9.64 Å². The van der Waals surface area contributed by atoms with E-state index in [-0.39, 0.29) is 5.91 Å². The van der Waals surface area contributed by atoms with E-state index in [1.807, 2.05) is 12.1 Å². The molecule has 1 aliphatic heterocycles. The molecule has 92 valence electrons. The van der Waals surface area contributed by atoms with Crippen LogP contribution >= 0.6 is 0 Å². The van der Waals surface area contributed by atoms with Crippen LogP contribution in [-0.4, -0.2) is 42.1 Å². The third-order valence-electron chi connectivity index (χ3n) is 2.97. The summed E-state index contributed by atoms with van der Waals surface area (Å²) in [7, 11) is 0. The van der Waals surface area contributed by atoms with Crippen LogP contribution in [0.25, 0.3) is 0 Å². The molecule has 1 amide bonds. The topological polar surface area (TPSA) is 42.4 Å². The summed E-state index contributed by atoms with van der Waals surface area (Å²) < 4.78 is 5.23. The monoisotopic (exact) mass is 234 g/mol. The van der Waals surface area contributed by atoms with Crippen molar-refractivity contribution >= 4 is 5.91 Å². The van der Waals surface area contributed by atoms with Crippen molar-refractivity contribution < 1.29 is 9.53 Å². The van der Waals surface area contributed by atoms with Gasteiger partial charge in [-0.3, -0.25) is 9.78 Å². The molecule has 4 heteroatoms. The van der Waals surface area contributed by atoms with Crippen LogP contribution in [0.1, 0.15) is 35.8 Å². The van der Waals surface area contributed by atoms with E-state index in [1.54, 1.807) is 11.1 Å². The van der Waals surface area contributed by atoms with E-state index in [0.717, 1.165) is 5.56 Å². The number of ether oxygens (including phenoxy) is 1. The van der Waals surface area contributed by atoms with Gasteiger partial charge in [-0.05, 0) is 23.6 Å². The Bertz CT molecular complexity index is 398. The number of nitrogens with zero attached hydrogens (tertiary/aromatic N) is 2. The van der Waals surface area contributed by atoms with Crippen LogP contribution in [0.4, 0.5) is 0 Å². The summed E-state index contributed by atoms with van der Waals surface area (Å²) >= 11 is 0. The van der Waals surface area contributed by atoms with Gasteiger partial charge >= 0.3 is 0 Å². The number of carbonyl (C=O) groups is 1. The van der Waals surface area contributed by atoms with Crippen molar-refractivity contribution in [2.45, 2.75) is 19.8 Å². The lowest BCUT2D eigenvalue weighted by atomic mass is 10.0. The van der Waals surface area contributed by atoms with E-state index in [0.29, 0.717) is 37.9 Å². The molecule has 1 aromatic rings. The normalized spacial score (nSPS) is 16.3. The smallest absolute Gasteiger partial charge is 0.272 e. The molecule has 1 aromatic heterocycles. The predicted octanol–water partition coefficient (Wildman–Crippen LogP) is 1.68. The van der Waals surface area contributed by atoms with Gasteiger partial charge in [0.25, 0.3) is 5.91 Å². The number of morpholine rings is 1. The molecule has 17 heavy (non-hydrogen) atoms. The number of hydrogen-bond acceptors (Lipinski definition) is 3. The Morgan fingerprint density at radius 3 is 2.76 bits per heavy atom. The van der Waals surface area contributed by atoms with Crippen molar-refractivity contribution in [1.29, 1.82) is 0 Å². The van der Waals surface area contributed by atoms with Gasteiger partial charge in [-0.25, -0.2) is 0 Å². The van der Waals surface area contributed by atoms with Gasteiger partial charge in [-0.2, -0.15) is 0 Å². The standard InChI is InChI=1S/C13H18N2O2/c1-10(2)11-3-4-14-12(9-11)13(16)15-5-7-17-8-6-15/h3-4,9-10H,5-8H2,1-2H3. The maximum absolute atomic E-state index is 12.2. The summed E-state index contributed by atoms with van der Waals surface area (Å²) in [6.45, 7) is 6.78. The molecule has 0 aromatic carbocycles. The number of carbonyl (C=O) groups excluding carboxylic acids is 1. The molecule has 0 radical (unpaired) electrons. The van der Waals surface area contributed by atoms with Gasteiger partial charge in [0.15, 0.2) is 0 Å². The minimum Gasteiger partial charge on any atom is -0.378 e. The Morgan fingerprint density at radius 1 is 1.41 bits per heavy atom. The predicted molar refractivity (Wildman–Crippen MR) is 65.0 cm³/mol. The maximum atomic E-state index is 12.2. The molecule has 0 N–H and O–H groups in total. The summed E-state index contributed by atoms with van der Waals surface area (Å²) in [6, 6.07) is 3.85. The van der Waals surface area contributed by atoms with Crippen LogP contribution in [-0.2, 0) is 4.74 Å². The zero-order chi connectivity index (χ0) is 12.3. The Morgan fingerprint density at radius 2 is 2.12 bits per heavy atom. The van der Waals surface area contributed by atoms with Gasteiger partial charge in [0.05, 0.1) is 13.2 Å². The second-order valence-electron chi connectivity index (χ2n) is 4.53. The number of rotatable bonds is 2. The maximum Gasteiger partial charge on any atom is 0.272 e. The van der Waals surface area contributed by atoms with Crippen LogP contribution in [0.15, 0.2) is 18.3 Å². The third-order valence-corrected chi connectivity index (χ3v) is 2.97. The number of amides is 1. The molecule has 1 aliphatic rings. The summed E-state index contributed by atoms with van der Waals surface area (Å²) in [5, 5.41) is 0. The fourth-order valence-corrected chi connectivity index (χ4v) is 1.85. The fraction of sp³-hybridized carbons (Fsp3) is 0.538. The lowest BCUT2D eigenvalue weighted by Gasteiger charge is -2.26. The lowest BCUT2D eigenvalue weighted by molar-refractivity contribution is 0.0299. The summed E-state index contributed by atoms with van der Waals surface area (Å²) in [5.74, 6) is 0.421. The average molecular weight is 234 g/mol. The first-order chi connectivity index (χ1) is 8.18. The highest BCUT2D eigenvalue weighted by molar-refractivity contribution is 5.92. The molecule has 2 rings (SSSR count). The summed E-state index contributed by atoms with van der Waals surface area (Å²) in [5.41, 5.74) is 1.69. The molecule has 4 nitrogen and oxygen atoms in total. The van der Waals surface area contributed by atoms with E-state index in [1.165, 1.54) is 0 Å². The molecule has 0 spiro atoms. The quantitative estimate of drug-likeness (QED) is 0.782. The lowest BCUT2D eigenvalue weighted by Crippen LogP contribution is -2.41. The van der Waals surface area contributed by atoms with Crippen LogP contribution in [0.5, 0.6) is 0 Å². The molecule has 1 saturated heterocycles. The molecular formula is C13H18N2O2. The molecule has 0 atom stereocenters. The minimum absolute atomic E-state index is 0.0100. The number of pyridine rings is 1. The average Bonchev–Trinajstić information content (AvgIpc) is 2.39. The molecule has 0 unspecified atom stereocenters. The molecule has 0 saturated carbocycles. The Hall–Kier alpha value is -1.42. The van der Waals surface area contributed by atoms with Crippen molar-refractivity contribution in [1.82, 2.24) is 9.88 Å². The van der Waals surface area contributed by atoms with E-state index < -0.39 is 0 Å². The highest BCUT2D eigenvalue weighted by Crippen LogP contribution is 2.15. The zero-order valence-electron chi connectivity index (χ0n) is 10.3. The van der Waals surface area contributed by atoms with Crippen LogP contribution in [0.2, 0.25) is 0 Å². The second-order valence-corrected chi connectivity index (χ2v) is 4.53. The minimum atomic E-state index is 0.0100. The zero-order valence-corrected chi connectivity index (χ0v) is 10.3. The van der Waals surface area contributed by atoms with Crippen molar-refractivity contribution in [2.24, 2.45) is 0 Å². The Labute approximate surface area is 102 Å². The van der Waals surface area contributed by atoms with Crippen LogP contribution in [0.3, 0.4) is 0 Å². The van der Waals surface area contributed by atoms with Gasteiger partial charge in [-0.15, -0.1) is 0 Å².